The van der Waals surface area contributed by atoms with E-state index in [2.05, 4.69) is 17.9 Å². The molecule has 1 amide bonds. The Bertz CT molecular complexity index is 382. The Morgan fingerprint density at radius 2 is 2.36 bits per heavy atom. The van der Waals surface area contributed by atoms with E-state index in [1.54, 1.807) is 31.2 Å². The quantitative estimate of drug-likeness (QED) is 0.570. The molecule has 4 heteroatoms. The van der Waals surface area contributed by atoms with Crippen LogP contribution in [0.3, 0.4) is 0 Å². The Morgan fingerprint density at radius 1 is 1.64 bits per heavy atom. The molecule has 0 aromatic heterocycles. The SMILES string of the molecule is CC(S)NC(=O)c1cccc(C#N)c1. The number of benzene rings is 1. The van der Waals surface area contributed by atoms with Crippen molar-refractivity contribution >= 4 is 18.5 Å². The van der Waals surface area contributed by atoms with Gasteiger partial charge in [-0.3, -0.25) is 4.79 Å². The van der Waals surface area contributed by atoms with E-state index < -0.39 is 0 Å². The molecule has 0 saturated carbocycles. The molecule has 1 unspecified atom stereocenters. The fourth-order valence-electron chi connectivity index (χ4n) is 1.00. The van der Waals surface area contributed by atoms with E-state index in [-0.39, 0.29) is 11.3 Å². The number of carbonyl (C=O) groups excluding carboxylic acids is 1. The summed E-state index contributed by atoms with van der Waals surface area (Å²) in [5.41, 5.74) is 0.953. The zero-order valence-electron chi connectivity index (χ0n) is 7.69. The first-order chi connectivity index (χ1) is 6.63. The van der Waals surface area contributed by atoms with Gasteiger partial charge in [-0.25, -0.2) is 0 Å². The highest BCUT2D eigenvalue weighted by Crippen LogP contribution is 2.04. The van der Waals surface area contributed by atoms with Gasteiger partial charge in [0, 0.05) is 5.56 Å². The molecule has 0 radical (unpaired) electrons. The van der Waals surface area contributed by atoms with Crippen molar-refractivity contribution in [2.45, 2.75) is 12.3 Å². The second-order valence-corrected chi connectivity index (χ2v) is 3.62. The van der Waals surface area contributed by atoms with Crippen LogP contribution in [0, 0.1) is 11.3 Å². The highest BCUT2D eigenvalue weighted by molar-refractivity contribution is 7.80. The lowest BCUT2D eigenvalue weighted by Crippen LogP contribution is -2.28. The monoisotopic (exact) mass is 206 g/mol. The molecule has 1 atom stereocenters. The Kier molecular flexibility index (Phi) is 3.55. The van der Waals surface area contributed by atoms with E-state index in [0.717, 1.165) is 0 Å². The predicted octanol–water partition coefficient (Wildman–Crippen LogP) is 1.56. The normalized spacial score (nSPS) is 11.5. The highest BCUT2D eigenvalue weighted by atomic mass is 32.1. The van der Waals surface area contributed by atoms with Gasteiger partial charge in [-0.15, -0.1) is 0 Å². The number of hydrogen-bond donors (Lipinski definition) is 2. The number of nitriles is 1. The first kappa shape index (κ1) is 10.6. The van der Waals surface area contributed by atoms with Crippen molar-refractivity contribution in [3.8, 4) is 6.07 Å². The summed E-state index contributed by atoms with van der Waals surface area (Å²) in [6.45, 7) is 1.76. The fourth-order valence-corrected chi connectivity index (χ4v) is 1.12. The van der Waals surface area contributed by atoms with Crippen LogP contribution in [0.4, 0.5) is 0 Å². The molecular weight excluding hydrogens is 196 g/mol. The van der Waals surface area contributed by atoms with Gasteiger partial charge >= 0.3 is 0 Å². The topological polar surface area (TPSA) is 52.9 Å². The molecule has 0 aliphatic heterocycles. The van der Waals surface area contributed by atoms with Crippen LogP contribution in [-0.4, -0.2) is 11.3 Å². The standard InChI is InChI=1S/C10H10N2OS/c1-7(14)12-10(13)9-4-2-3-8(5-9)6-11/h2-5,7,14H,1H3,(H,12,13). The Labute approximate surface area is 88.2 Å². The molecule has 0 bridgehead atoms. The van der Waals surface area contributed by atoms with Crippen molar-refractivity contribution in [2.75, 3.05) is 0 Å². The van der Waals surface area contributed by atoms with E-state index in [9.17, 15) is 4.79 Å². The molecular formula is C10H10N2OS. The molecule has 1 aromatic carbocycles. The smallest absolute Gasteiger partial charge is 0.252 e. The number of hydrogen-bond acceptors (Lipinski definition) is 3. The fraction of sp³-hybridized carbons (Fsp3) is 0.200. The minimum absolute atomic E-state index is 0.201. The maximum Gasteiger partial charge on any atom is 0.252 e. The number of carbonyl (C=O) groups is 1. The third-order valence-corrected chi connectivity index (χ3v) is 1.72. The summed E-state index contributed by atoms with van der Waals surface area (Å²) in [6, 6.07) is 8.51. The molecule has 1 N–H and O–H groups in total. The van der Waals surface area contributed by atoms with Crippen LogP contribution >= 0.6 is 12.6 Å². The second kappa shape index (κ2) is 4.68. The van der Waals surface area contributed by atoms with Crippen molar-refractivity contribution < 1.29 is 4.79 Å². The van der Waals surface area contributed by atoms with E-state index in [1.807, 2.05) is 6.07 Å². The van der Waals surface area contributed by atoms with Crippen LogP contribution in [0.5, 0.6) is 0 Å². The van der Waals surface area contributed by atoms with Crippen LogP contribution in [0.1, 0.15) is 22.8 Å². The molecule has 0 spiro atoms. The predicted molar refractivity (Wildman–Crippen MR) is 57.1 cm³/mol. The van der Waals surface area contributed by atoms with Crippen molar-refractivity contribution in [1.29, 1.82) is 5.26 Å². The summed E-state index contributed by atoms with van der Waals surface area (Å²) in [4.78, 5) is 11.5. The van der Waals surface area contributed by atoms with Gasteiger partial charge in [-0.05, 0) is 25.1 Å². The zero-order chi connectivity index (χ0) is 10.6. The van der Waals surface area contributed by atoms with Gasteiger partial charge in [0.05, 0.1) is 17.0 Å². The summed E-state index contributed by atoms with van der Waals surface area (Å²) in [5, 5.41) is 11.1. The lowest BCUT2D eigenvalue weighted by molar-refractivity contribution is 0.0952. The molecule has 1 aromatic rings. The first-order valence-electron chi connectivity index (χ1n) is 4.12. The van der Waals surface area contributed by atoms with Gasteiger partial charge in [0.25, 0.3) is 5.91 Å². The average Bonchev–Trinajstić information content (AvgIpc) is 2.17. The van der Waals surface area contributed by atoms with Crippen molar-refractivity contribution in [3.63, 3.8) is 0 Å². The summed E-state index contributed by atoms with van der Waals surface area (Å²) in [7, 11) is 0. The van der Waals surface area contributed by atoms with Crippen LogP contribution in [-0.2, 0) is 0 Å². The van der Waals surface area contributed by atoms with Gasteiger partial charge in [0.15, 0.2) is 0 Å². The summed E-state index contributed by atoms with van der Waals surface area (Å²) >= 11 is 4.04. The van der Waals surface area contributed by atoms with Crippen molar-refractivity contribution in [3.05, 3.63) is 35.4 Å². The molecule has 0 aliphatic carbocycles. The van der Waals surface area contributed by atoms with Crippen LogP contribution in [0.25, 0.3) is 0 Å². The highest BCUT2D eigenvalue weighted by Gasteiger charge is 2.06. The molecule has 0 saturated heterocycles. The van der Waals surface area contributed by atoms with Crippen LogP contribution < -0.4 is 5.32 Å². The minimum Gasteiger partial charge on any atom is -0.341 e. The Balaban J connectivity index is 2.86. The number of amides is 1. The molecule has 3 nitrogen and oxygen atoms in total. The molecule has 0 aliphatic rings. The molecule has 14 heavy (non-hydrogen) atoms. The second-order valence-electron chi connectivity index (χ2n) is 2.84. The molecule has 0 fully saturated rings. The van der Waals surface area contributed by atoms with Crippen molar-refractivity contribution in [2.24, 2.45) is 0 Å². The van der Waals surface area contributed by atoms with Crippen LogP contribution in [0.15, 0.2) is 24.3 Å². The molecule has 72 valence electrons. The van der Waals surface area contributed by atoms with Gasteiger partial charge in [0.2, 0.25) is 0 Å². The lowest BCUT2D eigenvalue weighted by Gasteiger charge is -2.07. The molecule has 1 rings (SSSR count). The third-order valence-electron chi connectivity index (χ3n) is 1.59. The van der Waals surface area contributed by atoms with E-state index in [0.29, 0.717) is 11.1 Å². The summed E-state index contributed by atoms with van der Waals surface area (Å²) < 4.78 is 0. The minimum atomic E-state index is -0.218. The van der Waals surface area contributed by atoms with Gasteiger partial charge in [-0.1, -0.05) is 6.07 Å². The number of nitrogens with one attached hydrogen (secondary N) is 1. The van der Waals surface area contributed by atoms with Gasteiger partial charge in [-0.2, -0.15) is 17.9 Å². The maximum atomic E-state index is 11.5. The third kappa shape index (κ3) is 2.79. The van der Waals surface area contributed by atoms with Crippen molar-refractivity contribution in [1.82, 2.24) is 5.32 Å². The Hall–Kier alpha value is -1.47. The lowest BCUT2D eigenvalue weighted by atomic mass is 10.1. The van der Waals surface area contributed by atoms with E-state index in [4.69, 9.17) is 5.26 Å². The van der Waals surface area contributed by atoms with Gasteiger partial charge < -0.3 is 5.32 Å². The summed E-state index contributed by atoms with van der Waals surface area (Å²) in [6.07, 6.45) is 0. The average molecular weight is 206 g/mol. The molecule has 0 heterocycles. The maximum absolute atomic E-state index is 11.5. The number of rotatable bonds is 2. The van der Waals surface area contributed by atoms with Crippen LogP contribution in [0.2, 0.25) is 0 Å². The first-order valence-corrected chi connectivity index (χ1v) is 4.64. The van der Waals surface area contributed by atoms with E-state index in [1.165, 1.54) is 0 Å². The Morgan fingerprint density at radius 3 is 2.93 bits per heavy atom. The van der Waals surface area contributed by atoms with Gasteiger partial charge in [0.1, 0.15) is 0 Å². The number of thiol groups is 1. The summed E-state index contributed by atoms with van der Waals surface area (Å²) in [5.74, 6) is -0.218. The largest absolute Gasteiger partial charge is 0.341 e. The van der Waals surface area contributed by atoms with E-state index >= 15 is 0 Å². The zero-order valence-corrected chi connectivity index (χ0v) is 8.58. The number of nitrogens with zero attached hydrogens (tertiary/aromatic N) is 1.